The van der Waals surface area contributed by atoms with Gasteiger partial charge in [-0.2, -0.15) is 12.6 Å². The minimum Gasteiger partial charge on any atom is -0.250 e. The van der Waals surface area contributed by atoms with Crippen molar-refractivity contribution in [3.8, 4) is 0 Å². The molecule has 1 fully saturated rings. The molecule has 0 aliphatic heterocycles. The Hall–Kier alpha value is 0.660. The first-order chi connectivity index (χ1) is 5.20. The Morgan fingerprint density at radius 2 is 2.00 bits per heavy atom. The van der Waals surface area contributed by atoms with Gasteiger partial charge in [-0.3, -0.25) is 0 Å². The van der Waals surface area contributed by atoms with E-state index in [9.17, 15) is 0 Å². The molecule has 1 saturated carbocycles. The summed E-state index contributed by atoms with van der Waals surface area (Å²) < 4.78 is 2.81. The number of hydrogen-bond donors (Lipinski definition) is 1. The van der Waals surface area contributed by atoms with Gasteiger partial charge in [0.05, 0.1) is 4.58 Å². The SMILES string of the molecule is CC(S)SN(C)C1CCCC1. The van der Waals surface area contributed by atoms with E-state index in [1.54, 1.807) is 0 Å². The molecule has 0 N–H and O–H groups in total. The molecule has 0 aromatic heterocycles. The van der Waals surface area contributed by atoms with E-state index in [0.717, 1.165) is 6.04 Å². The molecular weight excluding hydrogens is 174 g/mol. The number of thiol groups is 1. The van der Waals surface area contributed by atoms with E-state index in [1.807, 2.05) is 11.9 Å². The lowest BCUT2D eigenvalue weighted by Crippen LogP contribution is -2.23. The fourth-order valence-electron chi connectivity index (χ4n) is 1.59. The van der Waals surface area contributed by atoms with Crippen molar-refractivity contribution in [3.63, 3.8) is 0 Å². The summed E-state index contributed by atoms with van der Waals surface area (Å²) in [5.74, 6) is 0. The summed E-state index contributed by atoms with van der Waals surface area (Å²) in [6, 6.07) is 0.814. The van der Waals surface area contributed by atoms with E-state index in [2.05, 4.69) is 30.9 Å². The molecule has 1 nitrogen and oxygen atoms in total. The second-order valence-electron chi connectivity index (χ2n) is 3.19. The van der Waals surface area contributed by atoms with Crippen LogP contribution in [0.2, 0.25) is 0 Å². The van der Waals surface area contributed by atoms with Crippen molar-refractivity contribution in [1.82, 2.24) is 4.31 Å². The largest absolute Gasteiger partial charge is 0.250 e. The summed E-state index contributed by atoms with van der Waals surface area (Å²) in [6.07, 6.45) is 5.58. The predicted molar refractivity (Wildman–Crippen MR) is 56.1 cm³/mol. The summed E-state index contributed by atoms with van der Waals surface area (Å²) in [5.41, 5.74) is 0. The minimum absolute atomic E-state index is 0.431. The van der Waals surface area contributed by atoms with Gasteiger partial charge in [-0.15, -0.1) is 0 Å². The van der Waals surface area contributed by atoms with Gasteiger partial charge in [-0.05, 0) is 26.8 Å². The van der Waals surface area contributed by atoms with Crippen LogP contribution in [-0.2, 0) is 0 Å². The predicted octanol–water partition coefficient (Wildman–Crippen LogP) is 2.78. The molecule has 0 amide bonds. The number of rotatable bonds is 3. The van der Waals surface area contributed by atoms with Crippen LogP contribution in [0.25, 0.3) is 0 Å². The standard InChI is InChI=1S/C8H17NS2/c1-7(10)11-9(2)8-5-3-4-6-8/h7-8,10H,3-6H2,1-2H3. The van der Waals surface area contributed by atoms with Crippen LogP contribution < -0.4 is 0 Å². The van der Waals surface area contributed by atoms with Crippen LogP contribution >= 0.6 is 24.6 Å². The average molecular weight is 191 g/mol. The Labute approximate surface area is 79.5 Å². The number of nitrogens with zero attached hydrogens (tertiary/aromatic N) is 1. The molecule has 66 valence electrons. The molecule has 0 spiro atoms. The van der Waals surface area contributed by atoms with E-state index < -0.39 is 0 Å². The Balaban J connectivity index is 2.22. The van der Waals surface area contributed by atoms with E-state index in [1.165, 1.54) is 25.7 Å². The third kappa shape index (κ3) is 3.26. The van der Waals surface area contributed by atoms with Crippen LogP contribution in [0.4, 0.5) is 0 Å². The van der Waals surface area contributed by atoms with Crippen LogP contribution in [0, 0.1) is 0 Å². The summed E-state index contributed by atoms with van der Waals surface area (Å²) >= 11 is 6.20. The zero-order valence-electron chi connectivity index (χ0n) is 7.29. The van der Waals surface area contributed by atoms with Gasteiger partial charge in [0, 0.05) is 6.04 Å². The molecule has 0 radical (unpaired) electrons. The third-order valence-electron chi connectivity index (χ3n) is 2.16. The first-order valence-electron chi connectivity index (χ1n) is 4.28. The highest BCUT2D eigenvalue weighted by Gasteiger charge is 2.20. The first kappa shape index (κ1) is 9.75. The molecule has 1 atom stereocenters. The van der Waals surface area contributed by atoms with Crippen molar-refractivity contribution < 1.29 is 0 Å². The molecule has 0 bridgehead atoms. The molecular formula is C8H17NS2. The summed E-state index contributed by atoms with van der Waals surface area (Å²) in [4.78, 5) is 0. The monoisotopic (exact) mass is 191 g/mol. The quantitative estimate of drug-likeness (QED) is 0.415. The Morgan fingerprint density at radius 1 is 1.45 bits per heavy atom. The lowest BCUT2D eigenvalue weighted by Gasteiger charge is -2.23. The molecule has 11 heavy (non-hydrogen) atoms. The van der Waals surface area contributed by atoms with Gasteiger partial charge in [-0.25, -0.2) is 4.31 Å². The van der Waals surface area contributed by atoms with Gasteiger partial charge in [0.25, 0.3) is 0 Å². The van der Waals surface area contributed by atoms with E-state index in [0.29, 0.717) is 4.58 Å². The maximum absolute atomic E-state index is 4.35. The van der Waals surface area contributed by atoms with Crippen molar-refractivity contribution in [2.24, 2.45) is 0 Å². The van der Waals surface area contributed by atoms with E-state index >= 15 is 0 Å². The Kier molecular flexibility index (Phi) is 4.10. The van der Waals surface area contributed by atoms with Crippen molar-refractivity contribution in [3.05, 3.63) is 0 Å². The van der Waals surface area contributed by atoms with Gasteiger partial charge in [0.15, 0.2) is 0 Å². The first-order valence-corrected chi connectivity index (χ1v) is 5.63. The minimum atomic E-state index is 0.431. The summed E-state index contributed by atoms with van der Waals surface area (Å²) in [5, 5.41) is 0. The Bertz CT molecular complexity index is 111. The van der Waals surface area contributed by atoms with Crippen molar-refractivity contribution in [1.29, 1.82) is 0 Å². The second kappa shape index (κ2) is 4.63. The topological polar surface area (TPSA) is 3.24 Å². The number of hydrogen-bond acceptors (Lipinski definition) is 3. The normalized spacial score (nSPS) is 22.9. The molecule has 0 aromatic carbocycles. The van der Waals surface area contributed by atoms with Crippen LogP contribution in [0.5, 0.6) is 0 Å². The summed E-state index contributed by atoms with van der Waals surface area (Å²) in [6.45, 7) is 2.12. The third-order valence-corrected chi connectivity index (χ3v) is 3.38. The maximum atomic E-state index is 4.35. The lowest BCUT2D eigenvalue weighted by molar-refractivity contribution is 0.415. The van der Waals surface area contributed by atoms with Gasteiger partial charge in [0.2, 0.25) is 0 Å². The second-order valence-corrected chi connectivity index (χ2v) is 5.81. The fraction of sp³-hybridized carbons (Fsp3) is 1.00. The van der Waals surface area contributed by atoms with Crippen molar-refractivity contribution in [2.45, 2.75) is 43.2 Å². The molecule has 0 aromatic rings. The molecule has 0 saturated heterocycles. The van der Waals surface area contributed by atoms with Gasteiger partial charge < -0.3 is 0 Å². The molecule has 1 aliphatic rings. The highest BCUT2D eigenvalue weighted by atomic mass is 32.2. The maximum Gasteiger partial charge on any atom is 0.0591 e. The van der Waals surface area contributed by atoms with Crippen molar-refractivity contribution in [2.75, 3.05) is 7.05 Å². The van der Waals surface area contributed by atoms with Crippen LogP contribution in [0.3, 0.4) is 0 Å². The molecule has 1 aliphatic carbocycles. The van der Waals surface area contributed by atoms with Gasteiger partial charge in [0.1, 0.15) is 0 Å². The van der Waals surface area contributed by atoms with Gasteiger partial charge >= 0.3 is 0 Å². The molecule has 1 rings (SSSR count). The van der Waals surface area contributed by atoms with Crippen LogP contribution in [0.1, 0.15) is 32.6 Å². The highest BCUT2D eigenvalue weighted by molar-refractivity contribution is 8.08. The fourth-order valence-corrected chi connectivity index (χ4v) is 2.90. The molecule has 0 heterocycles. The van der Waals surface area contributed by atoms with Crippen molar-refractivity contribution >= 4 is 24.6 Å². The smallest absolute Gasteiger partial charge is 0.0591 e. The van der Waals surface area contributed by atoms with Gasteiger partial charge in [-0.1, -0.05) is 24.8 Å². The van der Waals surface area contributed by atoms with Crippen LogP contribution in [-0.4, -0.2) is 22.0 Å². The zero-order chi connectivity index (χ0) is 8.27. The molecule has 1 unspecified atom stereocenters. The highest BCUT2D eigenvalue weighted by Crippen LogP contribution is 2.29. The van der Waals surface area contributed by atoms with E-state index in [-0.39, 0.29) is 0 Å². The average Bonchev–Trinajstić information content (AvgIpc) is 2.35. The molecule has 3 heteroatoms. The van der Waals surface area contributed by atoms with E-state index in [4.69, 9.17) is 0 Å². The summed E-state index contributed by atoms with van der Waals surface area (Å²) in [7, 11) is 2.19. The zero-order valence-corrected chi connectivity index (χ0v) is 9.00. The Morgan fingerprint density at radius 3 is 2.45 bits per heavy atom. The lowest BCUT2D eigenvalue weighted by atomic mass is 10.3. The van der Waals surface area contributed by atoms with Crippen LogP contribution in [0.15, 0.2) is 0 Å².